The summed E-state index contributed by atoms with van der Waals surface area (Å²) in [6, 6.07) is 8.82. The maximum atomic E-state index is 12.8. The lowest BCUT2D eigenvalue weighted by Gasteiger charge is -2.10. The molecule has 0 aliphatic heterocycles. The molecule has 3 heterocycles. The van der Waals surface area contributed by atoms with Gasteiger partial charge in [0, 0.05) is 22.6 Å². The molecule has 162 valence electrons. The van der Waals surface area contributed by atoms with Crippen LogP contribution in [-0.2, 0) is 18.5 Å². The normalized spacial score (nSPS) is 12.1. The van der Waals surface area contributed by atoms with E-state index < -0.39 is 11.7 Å². The Morgan fingerprint density at radius 3 is 2.55 bits per heavy atom. The van der Waals surface area contributed by atoms with Gasteiger partial charge in [0.2, 0.25) is 0 Å². The van der Waals surface area contributed by atoms with Gasteiger partial charge in [0.1, 0.15) is 16.6 Å². The van der Waals surface area contributed by atoms with E-state index in [4.69, 9.17) is 4.42 Å². The lowest BCUT2D eigenvalue weighted by atomic mass is 10.1. The number of thiazole rings is 1. The molecule has 0 aliphatic carbocycles. The van der Waals surface area contributed by atoms with Crippen molar-refractivity contribution in [3.63, 3.8) is 0 Å². The number of nitrogens with zero attached hydrogens (tertiary/aromatic N) is 4. The highest BCUT2D eigenvalue weighted by Crippen LogP contribution is 2.33. The van der Waals surface area contributed by atoms with Gasteiger partial charge in [-0.1, -0.05) is 37.7 Å². The van der Waals surface area contributed by atoms with Gasteiger partial charge in [0.25, 0.3) is 0 Å². The van der Waals surface area contributed by atoms with E-state index in [9.17, 15) is 13.2 Å². The standard InChI is InChI=1S/C21H19F3N4OS2/c1-13(2)18-26-27-20(28(18)10-17-4-3-9-29-17)31-12-16-11-30-19(25-16)14-5-7-15(8-6-14)21(22,23)24/h3-9,11,13H,10,12H2,1-2H3. The molecule has 31 heavy (non-hydrogen) atoms. The Hall–Kier alpha value is -2.59. The molecule has 1 aromatic carbocycles. The van der Waals surface area contributed by atoms with Crippen LogP contribution in [0.5, 0.6) is 0 Å². The Morgan fingerprint density at radius 2 is 1.90 bits per heavy atom. The minimum atomic E-state index is -4.34. The third-order valence-corrected chi connectivity index (χ3v) is 6.46. The van der Waals surface area contributed by atoms with Crippen molar-refractivity contribution in [2.45, 2.75) is 43.4 Å². The molecule has 0 aliphatic rings. The number of aromatic nitrogens is 4. The van der Waals surface area contributed by atoms with Crippen LogP contribution in [-0.4, -0.2) is 19.7 Å². The van der Waals surface area contributed by atoms with Crippen LogP contribution in [0.1, 0.15) is 42.6 Å². The average Bonchev–Trinajstić information content (AvgIpc) is 3.48. The Labute approximate surface area is 185 Å². The van der Waals surface area contributed by atoms with E-state index >= 15 is 0 Å². The van der Waals surface area contributed by atoms with Crippen molar-refractivity contribution in [2.24, 2.45) is 0 Å². The quantitative estimate of drug-likeness (QED) is 0.293. The molecule has 0 spiro atoms. The Balaban J connectivity index is 1.47. The van der Waals surface area contributed by atoms with Gasteiger partial charge in [0.15, 0.2) is 5.16 Å². The number of hydrogen-bond donors (Lipinski definition) is 0. The van der Waals surface area contributed by atoms with E-state index in [-0.39, 0.29) is 5.92 Å². The lowest BCUT2D eigenvalue weighted by molar-refractivity contribution is -0.137. The highest BCUT2D eigenvalue weighted by molar-refractivity contribution is 7.98. The Bertz CT molecular complexity index is 1130. The van der Waals surface area contributed by atoms with Crippen molar-refractivity contribution < 1.29 is 17.6 Å². The predicted molar refractivity (Wildman–Crippen MR) is 114 cm³/mol. The molecule has 0 saturated heterocycles. The van der Waals surface area contributed by atoms with Crippen LogP contribution in [0.2, 0.25) is 0 Å². The van der Waals surface area contributed by atoms with E-state index in [0.717, 1.165) is 34.6 Å². The zero-order chi connectivity index (χ0) is 22.0. The van der Waals surface area contributed by atoms with Gasteiger partial charge >= 0.3 is 6.18 Å². The fourth-order valence-electron chi connectivity index (χ4n) is 2.99. The van der Waals surface area contributed by atoms with Crippen molar-refractivity contribution in [1.29, 1.82) is 0 Å². The summed E-state index contributed by atoms with van der Waals surface area (Å²) in [5.74, 6) is 2.48. The Morgan fingerprint density at radius 1 is 1.13 bits per heavy atom. The SMILES string of the molecule is CC(C)c1nnc(SCc2csc(-c3ccc(C(F)(F)F)cc3)n2)n1Cc1ccco1. The Kier molecular flexibility index (Phi) is 6.19. The summed E-state index contributed by atoms with van der Waals surface area (Å²) in [5.41, 5.74) is 0.835. The van der Waals surface area contributed by atoms with Gasteiger partial charge in [0.05, 0.1) is 24.1 Å². The predicted octanol–water partition coefficient (Wildman–Crippen LogP) is 6.48. The number of furan rings is 1. The molecule has 0 radical (unpaired) electrons. The molecule has 0 saturated carbocycles. The summed E-state index contributed by atoms with van der Waals surface area (Å²) in [5, 5.41) is 12.0. The van der Waals surface area contributed by atoms with Crippen LogP contribution in [0, 0.1) is 0 Å². The summed E-state index contributed by atoms with van der Waals surface area (Å²) in [4.78, 5) is 4.58. The van der Waals surface area contributed by atoms with E-state index in [0.29, 0.717) is 22.9 Å². The fraction of sp³-hybridized carbons (Fsp3) is 0.286. The number of hydrogen-bond acceptors (Lipinski definition) is 6. The molecule has 4 aromatic rings. The van der Waals surface area contributed by atoms with Crippen molar-refractivity contribution in [1.82, 2.24) is 19.7 Å². The molecule has 10 heteroatoms. The van der Waals surface area contributed by atoms with Crippen molar-refractivity contribution in [3.05, 3.63) is 70.9 Å². The molecule has 4 rings (SSSR count). The second-order valence-corrected chi connectivity index (χ2v) is 8.97. The molecular weight excluding hydrogens is 445 g/mol. The second-order valence-electron chi connectivity index (χ2n) is 7.17. The third-order valence-electron chi connectivity index (χ3n) is 4.52. The van der Waals surface area contributed by atoms with E-state index in [1.54, 1.807) is 6.26 Å². The van der Waals surface area contributed by atoms with Crippen LogP contribution in [0.25, 0.3) is 10.6 Å². The van der Waals surface area contributed by atoms with Crippen LogP contribution >= 0.6 is 23.1 Å². The monoisotopic (exact) mass is 464 g/mol. The van der Waals surface area contributed by atoms with Gasteiger partial charge in [-0.05, 0) is 24.3 Å². The maximum Gasteiger partial charge on any atom is 0.416 e. The first-order chi connectivity index (χ1) is 14.8. The molecule has 0 N–H and O–H groups in total. The molecule has 0 bridgehead atoms. The van der Waals surface area contributed by atoms with Gasteiger partial charge in [-0.25, -0.2) is 4.98 Å². The van der Waals surface area contributed by atoms with Gasteiger partial charge in [-0.2, -0.15) is 13.2 Å². The third kappa shape index (κ3) is 5.01. The van der Waals surface area contributed by atoms with E-state index in [1.807, 2.05) is 22.1 Å². The van der Waals surface area contributed by atoms with Crippen LogP contribution < -0.4 is 0 Å². The molecule has 5 nitrogen and oxygen atoms in total. The first kappa shape index (κ1) is 21.6. The number of halogens is 3. The zero-order valence-electron chi connectivity index (χ0n) is 16.8. The average molecular weight is 465 g/mol. The van der Waals surface area contributed by atoms with Crippen molar-refractivity contribution >= 4 is 23.1 Å². The number of benzene rings is 1. The van der Waals surface area contributed by atoms with Crippen LogP contribution in [0.4, 0.5) is 13.2 Å². The van der Waals surface area contributed by atoms with Crippen LogP contribution in [0.3, 0.4) is 0 Å². The van der Waals surface area contributed by atoms with E-state index in [2.05, 4.69) is 29.0 Å². The van der Waals surface area contributed by atoms with Crippen molar-refractivity contribution in [3.8, 4) is 10.6 Å². The van der Waals surface area contributed by atoms with Crippen LogP contribution in [0.15, 0.2) is 57.6 Å². The zero-order valence-corrected chi connectivity index (χ0v) is 18.4. The number of alkyl halides is 3. The first-order valence-corrected chi connectivity index (χ1v) is 11.4. The largest absolute Gasteiger partial charge is 0.467 e. The van der Waals surface area contributed by atoms with Gasteiger partial charge < -0.3 is 4.42 Å². The summed E-state index contributed by atoms with van der Waals surface area (Å²) in [6.07, 6.45) is -2.71. The summed E-state index contributed by atoms with van der Waals surface area (Å²) >= 11 is 2.92. The van der Waals surface area contributed by atoms with Gasteiger partial charge in [-0.3, -0.25) is 4.57 Å². The smallest absolute Gasteiger partial charge is 0.416 e. The molecular formula is C21H19F3N4OS2. The molecule has 0 fully saturated rings. The second kappa shape index (κ2) is 8.88. The molecule has 0 unspecified atom stereocenters. The lowest BCUT2D eigenvalue weighted by Crippen LogP contribution is -2.07. The van der Waals surface area contributed by atoms with Gasteiger partial charge in [-0.15, -0.1) is 21.5 Å². The minimum absolute atomic E-state index is 0.211. The molecule has 0 amide bonds. The maximum absolute atomic E-state index is 12.8. The molecule has 0 atom stereocenters. The fourth-order valence-corrected chi connectivity index (χ4v) is 4.76. The summed E-state index contributed by atoms with van der Waals surface area (Å²) in [6.45, 7) is 4.67. The summed E-state index contributed by atoms with van der Waals surface area (Å²) in [7, 11) is 0. The highest BCUT2D eigenvalue weighted by atomic mass is 32.2. The topological polar surface area (TPSA) is 56.7 Å². The number of rotatable bonds is 7. The number of thioether (sulfide) groups is 1. The first-order valence-electron chi connectivity index (χ1n) is 9.51. The summed E-state index contributed by atoms with van der Waals surface area (Å²) < 4.78 is 45.8. The molecule has 3 aromatic heterocycles. The minimum Gasteiger partial charge on any atom is -0.467 e. The van der Waals surface area contributed by atoms with E-state index in [1.165, 1.54) is 35.2 Å². The highest BCUT2D eigenvalue weighted by Gasteiger charge is 2.30. The van der Waals surface area contributed by atoms with Crippen molar-refractivity contribution in [2.75, 3.05) is 0 Å².